The van der Waals surface area contributed by atoms with E-state index in [-0.39, 0.29) is 0 Å². The molecule has 4 heterocycles. The van der Waals surface area contributed by atoms with Gasteiger partial charge in [0.2, 0.25) is 6.29 Å². The molecule has 1 atom stereocenters. The number of fused-ring (bicyclic) bond motifs is 1. The van der Waals surface area contributed by atoms with Crippen molar-refractivity contribution in [2.45, 2.75) is 19.4 Å². The number of aromatic nitrogens is 2. The number of ether oxygens (including phenoxy) is 2. The lowest BCUT2D eigenvalue weighted by Gasteiger charge is -2.30. The molecule has 2 aliphatic rings. The molecule has 0 spiro atoms. The number of rotatable bonds is 7. The minimum Gasteiger partial charge on any atom is -0.380 e. The van der Waals surface area contributed by atoms with Crippen LogP contribution in [0.2, 0.25) is 0 Å². The number of hydroxylamine groups is 2. The first-order chi connectivity index (χ1) is 16.6. The highest BCUT2D eigenvalue weighted by atomic mass is 32.1. The predicted molar refractivity (Wildman–Crippen MR) is 133 cm³/mol. The van der Waals surface area contributed by atoms with Crippen molar-refractivity contribution in [3.8, 4) is 11.4 Å². The third kappa shape index (κ3) is 4.82. The van der Waals surface area contributed by atoms with E-state index in [1.54, 1.807) is 36.9 Å². The number of aliphatic imine (C=N–C) groups is 1. The summed E-state index contributed by atoms with van der Waals surface area (Å²) in [6.07, 6.45) is 4.55. The SMILES string of the molecule is COCc1cccc(-c2nc(N3CCOCC3)c3sc(CN(C)C4N=CC=CN4O)cc3n2)c1. The number of methoxy groups -OCH3 is 1. The molecule has 0 radical (unpaired) electrons. The van der Waals surface area contributed by atoms with Crippen molar-refractivity contribution >= 4 is 33.6 Å². The molecule has 0 aliphatic carbocycles. The highest BCUT2D eigenvalue weighted by Gasteiger charge is 2.23. The summed E-state index contributed by atoms with van der Waals surface area (Å²) in [7, 11) is 3.64. The summed E-state index contributed by atoms with van der Waals surface area (Å²) in [6.45, 7) is 4.13. The van der Waals surface area contributed by atoms with Crippen molar-refractivity contribution in [1.82, 2.24) is 19.9 Å². The van der Waals surface area contributed by atoms with Gasteiger partial charge in [-0.25, -0.2) is 15.0 Å². The van der Waals surface area contributed by atoms with Gasteiger partial charge >= 0.3 is 0 Å². The summed E-state index contributed by atoms with van der Waals surface area (Å²) in [5.74, 6) is 1.65. The van der Waals surface area contributed by atoms with E-state index in [1.807, 2.05) is 30.1 Å². The van der Waals surface area contributed by atoms with E-state index in [0.717, 1.165) is 50.2 Å². The average Bonchev–Trinajstić information content (AvgIpc) is 3.27. The summed E-state index contributed by atoms with van der Waals surface area (Å²) in [5, 5.41) is 11.2. The van der Waals surface area contributed by atoms with Gasteiger partial charge in [-0.3, -0.25) is 15.1 Å². The summed E-state index contributed by atoms with van der Waals surface area (Å²) in [6, 6.07) is 10.3. The van der Waals surface area contributed by atoms with Gasteiger partial charge in [0.15, 0.2) is 11.6 Å². The quantitative estimate of drug-likeness (QED) is 0.551. The Labute approximate surface area is 202 Å². The molecule has 1 saturated heterocycles. The predicted octanol–water partition coefficient (Wildman–Crippen LogP) is 3.35. The van der Waals surface area contributed by atoms with E-state index >= 15 is 0 Å². The lowest BCUT2D eigenvalue weighted by molar-refractivity contribution is -0.125. The number of allylic oxidation sites excluding steroid dienone is 1. The first-order valence-electron chi connectivity index (χ1n) is 11.2. The van der Waals surface area contributed by atoms with E-state index in [4.69, 9.17) is 19.4 Å². The molecule has 10 heteroatoms. The Kier molecular flexibility index (Phi) is 6.84. The number of morpholine rings is 1. The van der Waals surface area contributed by atoms with Gasteiger partial charge in [-0.1, -0.05) is 18.2 Å². The largest absolute Gasteiger partial charge is 0.380 e. The molecule has 0 saturated carbocycles. The molecule has 3 aromatic rings. The number of hydrogen-bond acceptors (Lipinski definition) is 10. The third-order valence-corrected chi connectivity index (χ3v) is 6.90. The number of nitrogens with zero attached hydrogens (tertiary/aromatic N) is 6. The molecular weight excluding hydrogens is 452 g/mol. The fourth-order valence-corrected chi connectivity index (χ4v) is 5.35. The first kappa shape index (κ1) is 22.9. The van der Waals surface area contributed by atoms with Crippen LogP contribution < -0.4 is 4.90 Å². The average molecular weight is 481 g/mol. The smallest absolute Gasteiger partial charge is 0.201 e. The molecule has 34 heavy (non-hydrogen) atoms. The lowest BCUT2D eigenvalue weighted by Crippen LogP contribution is -2.41. The van der Waals surface area contributed by atoms with Crippen LogP contribution in [0.5, 0.6) is 0 Å². The van der Waals surface area contributed by atoms with Crippen LogP contribution in [-0.2, 0) is 22.6 Å². The number of anilines is 1. The molecule has 5 rings (SSSR count). The third-order valence-electron chi connectivity index (χ3n) is 5.79. The maximum atomic E-state index is 10.1. The highest BCUT2D eigenvalue weighted by molar-refractivity contribution is 7.19. The van der Waals surface area contributed by atoms with E-state index in [0.29, 0.717) is 32.2 Å². The van der Waals surface area contributed by atoms with Crippen molar-refractivity contribution in [3.63, 3.8) is 0 Å². The molecule has 1 fully saturated rings. The van der Waals surface area contributed by atoms with Gasteiger partial charge in [-0.05, 0) is 30.8 Å². The second-order valence-electron chi connectivity index (χ2n) is 8.31. The lowest BCUT2D eigenvalue weighted by atomic mass is 10.1. The van der Waals surface area contributed by atoms with Crippen LogP contribution in [-0.4, -0.2) is 78.1 Å². The zero-order chi connectivity index (χ0) is 23.5. The molecule has 0 bridgehead atoms. The van der Waals surface area contributed by atoms with Crippen LogP contribution in [0.3, 0.4) is 0 Å². The molecule has 2 aliphatic heterocycles. The molecule has 1 unspecified atom stereocenters. The zero-order valence-electron chi connectivity index (χ0n) is 19.3. The van der Waals surface area contributed by atoms with Crippen molar-refractivity contribution in [1.29, 1.82) is 0 Å². The maximum Gasteiger partial charge on any atom is 0.201 e. The molecule has 9 nitrogen and oxygen atoms in total. The van der Waals surface area contributed by atoms with Gasteiger partial charge < -0.3 is 14.4 Å². The number of thiophene rings is 1. The van der Waals surface area contributed by atoms with Crippen LogP contribution >= 0.6 is 11.3 Å². The fourth-order valence-electron chi connectivity index (χ4n) is 4.17. The van der Waals surface area contributed by atoms with Crippen LogP contribution in [0.1, 0.15) is 10.4 Å². The van der Waals surface area contributed by atoms with E-state index in [2.05, 4.69) is 22.0 Å². The number of benzene rings is 1. The van der Waals surface area contributed by atoms with E-state index < -0.39 is 6.29 Å². The monoisotopic (exact) mass is 480 g/mol. The van der Waals surface area contributed by atoms with Gasteiger partial charge in [-0.15, -0.1) is 11.3 Å². The van der Waals surface area contributed by atoms with E-state index in [9.17, 15) is 5.21 Å². The normalized spacial score (nSPS) is 18.4. The van der Waals surface area contributed by atoms with Crippen molar-refractivity contribution in [3.05, 3.63) is 53.0 Å². The van der Waals surface area contributed by atoms with Crippen molar-refractivity contribution < 1.29 is 14.7 Å². The molecule has 178 valence electrons. The van der Waals surface area contributed by atoms with E-state index in [1.165, 1.54) is 0 Å². The standard InChI is InChI=1S/C24H28N6O3S/c1-28(24-25-7-4-8-30(24)31)15-19-14-20-21(34-19)23(29-9-11-33-12-10-29)27-22(26-20)18-6-3-5-17(13-18)16-32-2/h3-8,13-14,24,31H,9-12,15-16H2,1-2H3. The van der Waals surface area contributed by atoms with Gasteiger partial charge in [0.05, 0.1) is 30.0 Å². The summed E-state index contributed by atoms with van der Waals surface area (Å²) >= 11 is 1.69. The Morgan fingerprint density at radius 3 is 2.88 bits per heavy atom. The van der Waals surface area contributed by atoms with Crippen molar-refractivity contribution in [2.24, 2.45) is 4.99 Å². The second-order valence-corrected chi connectivity index (χ2v) is 9.45. The van der Waals surface area contributed by atoms with Crippen LogP contribution in [0, 0.1) is 0 Å². The summed E-state index contributed by atoms with van der Waals surface area (Å²) in [5.41, 5.74) is 2.97. The van der Waals surface area contributed by atoms with Gasteiger partial charge in [-0.2, -0.15) is 0 Å². The van der Waals surface area contributed by atoms with Gasteiger partial charge in [0.1, 0.15) is 0 Å². The topological polar surface area (TPSA) is 86.6 Å². The van der Waals surface area contributed by atoms with Gasteiger partial charge in [0.25, 0.3) is 0 Å². The molecular formula is C24H28N6O3S. The molecule has 2 aromatic heterocycles. The molecule has 0 amide bonds. The second kappa shape index (κ2) is 10.2. The Balaban J connectivity index is 1.51. The van der Waals surface area contributed by atoms with Gasteiger partial charge in [0, 0.05) is 49.6 Å². The van der Waals surface area contributed by atoms with Crippen LogP contribution in [0.4, 0.5) is 5.82 Å². The Morgan fingerprint density at radius 2 is 2.09 bits per heavy atom. The highest BCUT2D eigenvalue weighted by Crippen LogP contribution is 2.35. The minimum atomic E-state index is -0.459. The molecule has 1 aromatic carbocycles. The first-order valence-corrected chi connectivity index (χ1v) is 12.0. The Hall–Kier alpha value is -2.89. The summed E-state index contributed by atoms with van der Waals surface area (Å²) in [4.78, 5) is 19.7. The van der Waals surface area contributed by atoms with Crippen LogP contribution in [0.25, 0.3) is 21.6 Å². The fraction of sp³-hybridized carbons (Fsp3) is 0.375. The zero-order valence-corrected chi connectivity index (χ0v) is 20.1. The van der Waals surface area contributed by atoms with Crippen LogP contribution in [0.15, 0.2) is 47.6 Å². The Morgan fingerprint density at radius 1 is 1.24 bits per heavy atom. The maximum absolute atomic E-state index is 10.1. The molecule has 1 N–H and O–H groups in total. The minimum absolute atomic E-state index is 0.459. The summed E-state index contributed by atoms with van der Waals surface area (Å²) < 4.78 is 11.9. The number of hydrogen-bond donors (Lipinski definition) is 1. The van der Waals surface area contributed by atoms with Crippen molar-refractivity contribution in [2.75, 3.05) is 45.4 Å². The Bertz CT molecular complexity index is 1210.